The number of halogens is 2. The van der Waals surface area contributed by atoms with Gasteiger partial charge in [0.05, 0.1) is 21.1 Å². The molecular formula is C12H12Br2N2O4. The Kier molecular flexibility index (Phi) is 4.87. The number of carbonyl (C=O) groups is 2. The first kappa shape index (κ1) is 15.1. The van der Waals surface area contributed by atoms with Crippen molar-refractivity contribution < 1.29 is 19.4 Å². The highest BCUT2D eigenvalue weighted by Crippen LogP contribution is 2.34. The Bertz CT molecular complexity index is 527. The van der Waals surface area contributed by atoms with Gasteiger partial charge in [0, 0.05) is 13.1 Å². The molecule has 0 aliphatic carbocycles. The second kappa shape index (κ2) is 6.45. The number of nitrogens with one attached hydrogen (secondary N) is 1. The molecule has 1 heterocycles. The maximum absolute atomic E-state index is 11.3. The van der Waals surface area contributed by atoms with Gasteiger partial charge < -0.3 is 20.1 Å². The largest absolute Gasteiger partial charge is 0.489 e. The van der Waals surface area contributed by atoms with E-state index < -0.39 is 5.97 Å². The number of amides is 2. The number of hydrogen-bond acceptors (Lipinski definition) is 3. The van der Waals surface area contributed by atoms with Crippen LogP contribution in [0.4, 0.5) is 4.79 Å². The van der Waals surface area contributed by atoms with Crippen molar-refractivity contribution in [1.82, 2.24) is 10.2 Å². The third-order valence-corrected chi connectivity index (χ3v) is 3.98. The molecule has 2 amide bonds. The third-order valence-electron chi connectivity index (χ3n) is 2.80. The highest BCUT2D eigenvalue weighted by atomic mass is 79.9. The summed E-state index contributed by atoms with van der Waals surface area (Å²) in [6, 6.07) is 2.86. The minimum atomic E-state index is -1.01. The zero-order chi connectivity index (χ0) is 14.7. The molecule has 1 aromatic carbocycles. The molecule has 2 N–H and O–H groups in total. The molecule has 1 aliphatic heterocycles. The lowest BCUT2D eigenvalue weighted by atomic mass is 10.2. The monoisotopic (exact) mass is 406 g/mol. The summed E-state index contributed by atoms with van der Waals surface area (Å²) in [4.78, 5) is 23.9. The summed E-state index contributed by atoms with van der Waals surface area (Å²) in [5, 5.41) is 11.6. The second-order valence-corrected chi connectivity index (χ2v) is 5.85. The summed E-state index contributed by atoms with van der Waals surface area (Å²) in [5.41, 5.74) is 0.162. The van der Waals surface area contributed by atoms with Gasteiger partial charge in [-0.1, -0.05) is 0 Å². The lowest BCUT2D eigenvalue weighted by Gasteiger charge is -2.16. The Balaban J connectivity index is 1.99. The number of nitrogens with zero attached hydrogens (tertiary/aromatic N) is 1. The van der Waals surface area contributed by atoms with E-state index in [9.17, 15) is 9.59 Å². The fraction of sp³-hybridized carbons (Fsp3) is 0.333. The minimum Gasteiger partial charge on any atom is -0.489 e. The first-order chi connectivity index (χ1) is 9.49. The van der Waals surface area contributed by atoms with Gasteiger partial charge in [-0.15, -0.1) is 0 Å². The zero-order valence-electron chi connectivity index (χ0n) is 10.4. The highest BCUT2D eigenvalue weighted by Gasteiger charge is 2.19. The van der Waals surface area contributed by atoms with Gasteiger partial charge in [-0.3, -0.25) is 0 Å². The molecule has 0 saturated carbocycles. The van der Waals surface area contributed by atoms with E-state index in [2.05, 4.69) is 37.2 Å². The first-order valence-electron chi connectivity index (χ1n) is 5.87. The molecule has 108 valence electrons. The Hall–Kier alpha value is -1.28. The van der Waals surface area contributed by atoms with Gasteiger partial charge in [0.15, 0.2) is 0 Å². The standard InChI is InChI=1S/C12H12Br2N2O4/c13-8-5-7(11(17)18)6-9(14)10(8)20-4-3-16-2-1-15-12(16)19/h5-6H,1-4H2,(H,15,19)(H,17,18). The number of rotatable bonds is 5. The Morgan fingerprint density at radius 1 is 1.40 bits per heavy atom. The quantitative estimate of drug-likeness (QED) is 0.784. The predicted octanol–water partition coefficient (Wildman–Crippen LogP) is 2.31. The number of aromatic carboxylic acids is 1. The van der Waals surface area contributed by atoms with E-state index in [0.717, 1.165) is 0 Å². The maximum atomic E-state index is 11.3. The predicted molar refractivity (Wildman–Crippen MR) is 79.3 cm³/mol. The number of hydrogen-bond donors (Lipinski definition) is 2. The van der Waals surface area contributed by atoms with Crippen LogP contribution in [0.25, 0.3) is 0 Å². The summed E-state index contributed by atoms with van der Waals surface area (Å²) < 4.78 is 6.71. The number of carbonyl (C=O) groups excluding carboxylic acids is 1. The van der Waals surface area contributed by atoms with E-state index in [4.69, 9.17) is 9.84 Å². The highest BCUT2D eigenvalue weighted by molar-refractivity contribution is 9.11. The average molecular weight is 408 g/mol. The molecule has 0 bridgehead atoms. The van der Waals surface area contributed by atoms with E-state index in [1.807, 2.05) is 0 Å². The molecule has 1 fully saturated rings. The van der Waals surface area contributed by atoms with Crippen molar-refractivity contribution in [1.29, 1.82) is 0 Å². The van der Waals surface area contributed by atoms with Gasteiger partial charge in [-0.25, -0.2) is 9.59 Å². The number of benzene rings is 1. The van der Waals surface area contributed by atoms with Crippen molar-refractivity contribution in [3.63, 3.8) is 0 Å². The number of ether oxygens (including phenoxy) is 1. The van der Waals surface area contributed by atoms with Gasteiger partial charge in [0.25, 0.3) is 0 Å². The van der Waals surface area contributed by atoms with Gasteiger partial charge in [-0.2, -0.15) is 0 Å². The second-order valence-electron chi connectivity index (χ2n) is 4.14. The molecule has 1 saturated heterocycles. The van der Waals surface area contributed by atoms with E-state index in [-0.39, 0.29) is 11.6 Å². The van der Waals surface area contributed by atoms with Crippen molar-refractivity contribution >= 4 is 43.9 Å². The van der Waals surface area contributed by atoms with Crippen LogP contribution in [0.5, 0.6) is 5.75 Å². The van der Waals surface area contributed by atoms with Crippen LogP contribution in [0.1, 0.15) is 10.4 Å². The molecule has 0 atom stereocenters. The number of carboxylic acid groups (broad SMARTS) is 1. The van der Waals surface area contributed by atoms with Crippen LogP contribution in [0, 0.1) is 0 Å². The van der Waals surface area contributed by atoms with E-state index in [1.54, 1.807) is 4.90 Å². The van der Waals surface area contributed by atoms with Crippen LogP contribution in [0.2, 0.25) is 0 Å². The minimum absolute atomic E-state index is 0.0899. The SMILES string of the molecule is O=C(O)c1cc(Br)c(OCCN2CCNC2=O)c(Br)c1. The average Bonchev–Trinajstić information content (AvgIpc) is 2.78. The van der Waals surface area contributed by atoms with Crippen molar-refractivity contribution in [3.8, 4) is 5.75 Å². The van der Waals surface area contributed by atoms with E-state index in [0.29, 0.717) is 40.9 Å². The van der Waals surface area contributed by atoms with E-state index >= 15 is 0 Å². The number of urea groups is 1. The van der Waals surface area contributed by atoms with Crippen molar-refractivity contribution in [2.75, 3.05) is 26.2 Å². The molecule has 1 aromatic rings. The van der Waals surface area contributed by atoms with Crippen LogP contribution >= 0.6 is 31.9 Å². The molecule has 1 aliphatic rings. The molecule has 20 heavy (non-hydrogen) atoms. The Labute approximate surface area is 132 Å². The summed E-state index contributed by atoms with van der Waals surface area (Å²) in [7, 11) is 0. The summed E-state index contributed by atoms with van der Waals surface area (Å²) in [6.45, 7) is 2.13. The smallest absolute Gasteiger partial charge is 0.335 e. The Morgan fingerprint density at radius 3 is 2.55 bits per heavy atom. The molecule has 0 aromatic heterocycles. The van der Waals surface area contributed by atoms with Crippen LogP contribution in [-0.2, 0) is 0 Å². The molecule has 2 rings (SSSR count). The lowest BCUT2D eigenvalue weighted by Crippen LogP contribution is -2.31. The molecular weight excluding hydrogens is 396 g/mol. The van der Waals surface area contributed by atoms with Gasteiger partial charge in [0.2, 0.25) is 0 Å². The molecule has 0 unspecified atom stereocenters. The lowest BCUT2D eigenvalue weighted by molar-refractivity contribution is 0.0696. The van der Waals surface area contributed by atoms with Crippen molar-refractivity contribution in [2.24, 2.45) is 0 Å². The van der Waals surface area contributed by atoms with Gasteiger partial charge >= 0.3 is 12.0 Å². The van der Waals surface area contributed by atoms with Crippen LogP contribution < -0.4 is 10.1 Å². The van der Waals surface area contributed by atoms with Crippen LogP contribution in [-0.4, -0.2) is 48.2 Å². The molecule has 0 spiro atoms. The maximum Gasteiger partial charge on any atom is 0.335 e. The zero-order valence-corrected chi connectivity index (χ0v) is 13.5. The fourth-order valence-corrected chi connectivity index (χ4v) is 3.22. The van der Waals surface area contributed by atoms with Crippen LogP contribution in [0.15, 0.2) is 21.1 Å². The van der Waals surface area contributed by atoms with Gasteiger partial charge in [-0.05, 0) is 44.0 Å². The number of carboxylic acids is 1. The summed E-state index contributed by atoms with van der Waals surface area (Å²) >= 11 is 6.56. The summed E-state index contributed by atoms with van der Waals surface area (Å²) in [5.74, 6) is -0.485. The Morgan fingerprint density at radius 2 is 2.05 bits per heavy atom. The molecule has 8 heteroatoms. The molecule has 0 radical (unpaired) electrons. The first-order valence-corrected chi connectivity index (χ1v) is 7.45. The molecule has 6 nitrogen and oxygen atoms in total. The van der Waals surface area contributed by atoms with Crippen molar-refractivity contribution in [3.05, 3.63) is 26.6 Å². The van der Waals surface area contributed by atoms with Crippen LogP contribution in [0.3, 0.4) is 0 Å². The van der Waals surface area contributed by atoms with Gasteiger partial charge in [0.1, 0.15) is 12.4 Å². The summed E-state index contributed by atoms with van der Waals surface area (Å²) in [6.07, 6.45) is 0. The van der Waals surface area contributed by atoms with Crippen molar-refractivity contribution in [2.45, 2.75) is 0 Å². The topological polar surface area (TPSA) is 78.9 Å². The van der Waals surface area contributed by atoms with E-state index in [1.165, 1.54) is 12.1 Å². The third kappa shape index (κ3) is 3.43. The fourth-order valence-electron chi connectivity index (χ4n) is 1.80. The normalized spacial score (nSPS) is 14.3.